The van der Waals surface area contributed by atoms with Crippen molar-refractivity contribution in [2.45, 2.75) is 26.7 Å². The fourth-order valence-electron chi connectivity index (χ4n) is 4.16. The summed E-state index contributed by atoms with van der Waals surface area (Å²) in [7, 11) is 4.06. The predicted molar refractivity (Wildman–Crippen MR) is 132 cm³/mol. The number of fused-ring (bicyclic) bond motifs is 1. The van der Waals surface area contributed by atoms with E-state index in [9.17, 15) is 9.59 Å². The van der Waals surface area contributed by atoms with Gasteiger partial charge in [-0.3, -0.25) is 14.5 Å². The zero-order valence-electron chi connectivity index (χ0n) is 19.2. The number of nitrogens with zero attached hydrogens (tertiary/aromatic N) is 4. The Bertz CT molecular complexity index is 1090. The maximum Gasteiger partial charge on any atom is 0.234 e. The Morgan fingerprint density at radius 1 is 1.09 bits per heavy atom. The Labute approximate surface area is 193 Å². The van der Waals surface area contributed by atoms with Crippen LogP contribution in [0.1, 0.15) is 24.0 Å². The summed E-state index contributed by atoms with van der Waals surface area (Å²) in [5, 5.41) is 0.728. The summed E-state index contributed by atoms with van der Waals surface area (Å²) in [6, 6.07) is 13.8. The second-order valence-electron chi connectivity index (χ2n) is 8.76. The quantitative estimate of drug-likeness (QED) is 0.540. The first-order valence-electron chi connectivity index (χ1n) is 11.0. The fraction of sp³-hybridized carbons (Fsp3) is 0.400. The van der Waals surface area contributed by atoms with Gasteiger partial charge in [0.05, 0.1) is 16.1 Å². The lowest BCUT2D eigenvalue weighted by molar-refractivity contribution is -0.124. The SMILES string of the molecule is Cc1ccc(C)c2sc(N(CCCN(C)C)C(=O)C3CC(=O)N(c4ccccc4)C3)nc12. The van der Waals surface area contributed by atoms with Crippen molar-refractivity contribution in [1.29, 1.82) is 0 Å². The van der Waals surface area contributed by atoms with Crippen molar-refractivity contribution >= 4 is 44.2 Å². The molecular weight excluding hydrogens is 420 g/mol. The second kappa shape index (κ2) is 9.38. The number of hydrogen-bond acceptors (Lipinski definition) is 5. The van der Waals surface area contributed by atoms with Crippen LogP contribution in [0.5, 0.6) is 0 Å². The molecule has 0 saturated carbocycles. The van der Waals surface area contributed by atoms with E-state index in [0.717, 1.165) is 39.6 Å². The van der Waals surface area contributed by atoms with Crippen molar-refractivity contribution in [2.24, 2.45) is 5.92 Å². The van der Waals surface area contributed by atoms with Crippen LogP contribution in [0.25, 0.3) is 10.2 Å². The van der Waals surface area contributed by atoms with Crippen molar-refractivity contribution in [1.82, 2.24) is 9.88 Å². The highest BCUT2D eigenvalue weighted by Crippen LogP contribution is 2.35. The van der Waals surface area contributed by atoms with Crippen LogP contribution in [0, 0.1) is 19.8 Å². The van der Waals surface area contributed by atoms with Gasteiger partial charge in [0.25, 0.3) is 0 Å². The monoisotopic (exact) mass is 450 g/mol. The molecule has 168 valence electrons. The average molecular weight is 451 g/mol. The molecule has 6 nitrogen and oxygen atoms in total. The van der Waals surface area contributed by atoms with Gasteiger partial charge < -0.3 is 9.80 Å². The summed E-state index contributed by atoms with van der Waals surface area (Å²) in [6.07, 6.45) is 1.08. The minimum Gasteiger partial charge on any atom is -0.312 e. The standard InChI is InChI=1S/C25H30N4O2S/c1-17-11-12-18(2)23-22(17)26-25(32-23)28(14-8-13-27(3)4)24(31)19-15-21(30)29(16-19)20-9-6-5-7-10-20/h5-7,9-12,19H,8,13-16H2,1-4H3. The topological polar surface area (TPSA) is 56.8 Å². The molecule has 32 heavy (non-hydrogen) atoms. The molecule has 2 amide bonds. The highest BCUT2D eigenvalue weighted by molar-refractivity contribution is 7.22. The van der Waals surface area contributed by atoms with Gasteiger partial charge in [-0.05, 0) is 64.2 Å². The van der Waals surface area contributed by atoms with Crippen LogP contribution in [0.4, 0.5) is 10.8 Å². The molecule has 4 rings (SSSR count). The second-order valence-corrected chi connectivity index (χ2v) is 9.74. The van der Waals surface area contributed by atoms with E-state index in [1.165, 1.54) is 5.56 Å². The van der Waals surface area contributed by atoms with E-state index in [4.69, 9.17) is 4.98 Å². The number of benzene rings is 2. The van der Waals surface area contributed by atoms with Gasteiger partial charge >= 0.3 is 0 Å². The smallest absolute Gasteiger partial charge is 0.234 e. The maximum atomic E-state index is 13.7. The molecule has 0 N–H and O–H groups in total. The van der Waals surface area contributed by atoms with Crippen molar-refractivity contribution < 1.29 is 9.59 Å². The van der Waals surface area contributed by atoms with E-state index in [1.54, 1.807) is 16.2 Å². The van der Waals surface area contributed by atoms with Gasteiger partial charge in [-0.2, -0.15) is 0 Å². The first-order chi connectivity index (χ1) is 15.3. The van der Waals surface area contributed by atoms with Gasteiger partial charge in [0, 0.05) is 25.2 Å². The van der Waals surface area contributed by atoms with Gasteiger partial charge in [0.15, 0.2) is 5.13 Å². The van der Waals surface area contributed by atoms with E-state index in [0.29, 0.717) is 13.1 Å². The third kappa shape index (κ3) is 4.54. The Morgan fingerprint density at radius 2 is 1.81 bits per heavy atom. The van der Waals surface area contributed by atoms with Crippen LogP contribution in [0.2, 0.25) is 0 Å². The average Bonchev–Trinajstić information content (AvgIpc) is 3.39. The third-order valence-corrected chi connectivity index (χ3v) is 7.17. The van der Waals surface area contributed by atoms with Gasteiger partial charge in [-0.15, -0.1) is 0 Å². The Kier molecular flexibility index (Phi) is 6.58. The lowest BCUT2D eigenvalue weighted by Crippen LogP contribution is -2.39. The molecule has 0 aliphatic carbocycles. The summed E-state index contributed by atoms with van der Waals surface area (Å²) >= 11 is 1.57. The first kappa shape index (κ1) is 22.4. The fourth-order valence-corrected chi connectivity index (χ4v) is 5.30. The number of rotatable bonds is 7. The first-order valence-corrected chi connectivity index (χ1v) is 11.8. The molecule has 1 fully saturated rings. The van der Waals surface area contributed by atoms with Gasteiger partial charge in [-0.1, -0.05) is 41.7 Å². The van der Waals surface area contributed by atoms with E-state index >= 15 is 0 Å². The number of aromatic nitrogens is 1. The zero-order chi connectivity index (χ0) is 22.8. The molecule has 0 radical (unpaired) electrons. The number of anilines is 2. The van der Waals surface area contributed by atoms with Crippen LogP contribution in [0.15, 0.2) is 42.5 Å². The van der Waals surface area contributed by atoms with E-state index in [1.807, 2.05) is 49.3 Å². The molecule has 7 heteroatoms. The Hall–Kier alpha value is -2.77. The molecule has 0 bridgehead atoms. The number of thiazole rings is 1. The molecule has 2 aromatic carbocycles. The summed E-state index contributed by atoms with van der Waals surface area (Å²) in [5.41, 5.74) is 4.09. The number of hydrogen-bond donors (Lipinski definition) is 0. The van der Waals surface area contributed by atoms with Gasteiger partial charge in [0.2, 0.25) is 11.8 Å². The van der Waals surface area contributed by atoms with Crippen molar-refractivity contribution in [3.63, 3.8) is 0 Å². The molecule has 3 aromatic rings. The van der Waals surface area contributed by atoms with Gasteiger partial charge in [-0.25, -0.2) is 4.98 Å². The predicted octanol–water partition coefficient (Wildman–Crippen LogP) is 4.25. The molecule has 0 spiro atoms. The van der Waals surface area contributed by atoms with Crippen molar-refractivity contribution in [3.05, 3.63) is 53.6 Å². The highest BCUT2D eigenvalue weighted by atomic mass is 32.1. The molecule has 2 heterocycles. The molecule has 1 atom stereocenters. The maximum absolute atomic E-state index is 13.7. The van der Waals surface area contributed by atoms with Crippen LogP contribution in [0.3, 0.4) is 0 Å². The van der Waals surface area contributed by atoms with E-state index in [2.05, 4.69) is 30.9 Å². The molecule has 1 unspecified atom stereocenters. The molecule has 1 saturated heterocycles. The number of aryl methyl sites for hydroxylation is 2. The van der Waals surface area contributed by atoms with Crippen molar-refractivity contribution in [3.8, 4) is 0 Å². The number of carbonyl (C=O) groups excluding carboxylic acids is 2. The van der Waals surface area contributed by atoms with Crippen LogP contribution in [-0.2, 0) is 9.59 Å². The summed E-state index contributed by atoms with van der Waals surface area (Å²) in [5.74, 6) is -0.375. The molecule has 1 aliphatic heterocycles. The zero-order valence-corrected chi connectivity index (χ0v) is 20.0. The number of para-hydroxylation sites is 1. The Balaban J connectivity index is 1.62. The van der Waals surface area contributed by atoms with E-state index in [-0.39, 0.29) is 24.2 Å². The summed E-state index contributed by atoms with van der Waals surface area (Å²) in [6.45, 7) is 6.01. The summed E-state index contributed by atoms with van der Waals surface area (Å²) in [4.78, 5) is 36.9. The van der Waals surface area contributed by atoms with E-state index < -0.39 is 0 Å². The lowest BCUT2D eigenvalue weighted by atomic mass is 10.1. The minimum absolute atomic E-state index is 0.00113. The largest absolute Gasteiger partial charge is 0.312 e. The Morgan fingerprint density at radius 3 is 2.50 bits per heavy atom. The normalized spacial score (nSPS) is 16.3. The van der Waals surface area contributed by atoms with Crippen molar-refractivity contribution in [2.75, 3.05) is 43.5 Å². The van der Waals surface area contributed by atoms with Crippen LogP contribution >= 0.6 is 11.3 Å². The summed E-state index contributed by atoms with van der Waals surface area (Å²) < 4.78 is 1.12. The molecular formula is C25H30N4O2S. The highest BCUT2D eigenvalue weighted by Gasteiger charge is 2.38. The molecule has 1 aromatic heterocycles. The third-order valence-electron chi connectivity index (χ3n) is 5.96. The van der Waals surface area contributed by atoms with Crippen LogP contribution < -0.4 is 9.80 Å². The number of amides is 2. The van der Waals surface area contributed by atoms with Gasteiger partial charge in [0.1, 0.15) is 0 Å². The minimum atomic E-state index is -0.365. The number of carbonyl (C=O) groups is 2. The molecule has 1 aliphatic rings. The lowest BCUT2D eigenvalue weighted by Gasteiger charge is -2.24. The van der Waals surface area contributed by atoms with Crippen LogP contribution in [-0.4, -0.2) is 55.4 Å².